The highest BCUT2D eigenvalue weighted by molar-refractivity contribution is 5.88. The van der Waals surface area contributed by atoms with E-state index in [1.165, 1.54) is 11.8 Å². The molecule has 150 valence electrons. The third-order valence-electron chi connectivity index (χ3n) is 4.59. The molecule has 0 aliphatic rings. The minimum atomic E-state index is -0.881. The number of carbonyl (C=O) groups excluding carboxylic acids is 2. The van der Waals surface area contributed by atoms with Gasteiger partial charge in [0.1, 0.15) is 17.7 Å². The number of halogens is 2. The highest BCUT2D eigenvalue weighted by Crippen LogP contribution is 2.20. The number of nitrogens with zero attached hydrogens (tertiary/aromatic N) is 1. The molecule has 2 N–H and O–H groups in total. The van der Waals surface area contributed by atoms with Crippen molar-refractivity contribution in [3.8, 4) is 0 Å². The van der Waals surface area contributed by atoms with E-state index in [4.69, 9.17) is 0 Å². The van der Waals surface area contributed by atoms with Crippen molar-refractivity contribution >= 4 is 11.8 Å². The maximum Gasteiger partial charge on any atom is 0.244 e. The molecule has 0 unspecified atom stereocenters. The van der Waals surface area contributed by atoms with Crippen LogP contribution >= 0.6 is 0 Å². The van der Waals surface area contributed by atoms with Gasteiger partial charge in [-0.3, -0.25) is 9.59 Å². The Labute approximate surface area is 163 Å². The van der Waals surface area contributed by atoms with E-state index in [9.17, 15) is 23.5 Å². The van der Waals surface area contributed by atoms with E-state index in [1.54, 1.807) is 38.2 Å². The number of hydrogen-bond donors (Lipinski definition) is 2. The molecule has 2 aromatic rings. The molecule has 0 aliphatic carbocycles. The molecule has 0 aliphatic heterocycles. The van der Waals surface area contributed by atoms with Crippen molar-refractivity contribution in [2.24, 2.45) is 0 Å². The Morgan fingerprint density at radius 1 is 1.07 bits per heavy atom. The van der Waals surface area contributed by atoms with Crippen LogP contribution in [0.4, 0.5) is 8.78 Å². The minimum Gasteiger partial charge on any atom is -0.386 e. The van der Waals surface area contributed by atoms with Crippen molar-refractivity contribution in [1.82, 2.24) is 10.2 Å². The second kappa shape index (κ2) is 9.41. The summed E-state index contributed by atoms with van der Waals surface area (Å²) in [4.78, 5) is 26.1. The molecule has 0 aromatic heterocycles. The Morgan fingerprint density at radius 3 is 2.21 bits per heavy atom. The van der Waals surface area contributed by atoms with E-state index < -0.39 is 35.7 Å². The van der Waals surface area contributed by atoms with Crippen molar-refractivity contribution in [3.63, 3.8) is 0 Å². The van der Waals surface area contributed by atoms with Gasteiger partial charge < -0.3 is 15.3 Å². The monoisotopic (exact) mass is 390 g/mol. The van der Waals surface area contributed by atoms with E-state index in [0.717, 1.165) is 18.2 Å². The number of benzene rings is 2. The SMILES string of the molecule is C[C@H](NC(=O)Cc1cc(F)cc(F)c1)C(=O)N(C)[C@@H](C)[C@@H](O)c1ccccc1. The van der Waals surface area contributed by atoms with Crippen LogP contribution in [0.1, 0.15) is 31.1 Å². The van der Waals surface area contributed by atoms with E-state index in [2.05, 4.69) is 5.32 Å². The summed E-state index contributed by atoms with van der Waals surface area (Å²) in [6, 6.07) is 10.4. The van der Waals surface area contributed by atoms with Crippen LogP contribution in [0.3, 0.4) is 0 Å². The van der Waals surface area contributed by atoms with Gasteiger partial charge in [0.15, 0.2) is 0 Å². The summed E-state index contributed by atoms with van der Waals surface area (Å²) in [7, 11) is 1.55. The molecule has 28 heavy (non-hydrogen) atoms. The zero-order valence-corrected chi connectivity index (χ0v) is 16.0. The second-order valence-electron chi connectivity index (χ2n) is 6.79. The van der Waals surface area contributed by atoms with Gasteiger partial charge in [0.05, 0.1) is 18.6 Å². The van der Waals surface area contributed by atoms with Crippen LogP contribution in [-0.2, 0) is 16.0 Å². The number of aliphatic hydroxyl groups is 1. The predicted octanol–water partition coefficient (Wildman–Crippen LogP) is 2.59. The summed E-state index contributed by atoms with van der Waals surface area (Å²) in [6.45, 7) is 3.23. The molecule has 5 nitrogen and oxygen atoms in total. The van der Waals surface area contributed by atoms with Crippen molar-refractivity contribution in [1.29, 1.82) is 0 Å². The Kier molecular flexibility index (Phi) is 7.23. The fourth-order valence-corrected chi connectivity index (χ4v) is 2.90. The van der Waals surface area contributed by atoms with Gasteiger partial charge in [0.2, 0.25) is 11.8 Å². The van der Waals surface area contributed by atoms with E-state index in [0.29, 0.717) is 5.56 Å². The summed E-state index contributed by atoms with van der Waals surface area (Å²) in [5, 5.41) is 13.0. The van der Waals surface area contributed by atoms with Gasteiger partial charge in [-0.1, -0.05) is 30.3 Å². The van der Waals surface area contributed by atoms with Crippen LogP contribution in [0.25, 0.3) is 0 Å². The third-order valence-corrected chi connectivity index (χ3v) is 4.59. The van der Waals surface area contributed by atoms with Crippen LogP contribution in [0.5, 0.6) is 0 Å². The molecule has 0 heterocycles. The first-order valence-corrected chi connectivity index (χ1v) is 8.93. The van der Waals surface area contributed by atoms with E-state index >= 15 is 0 Å². The van der Waals surface area contributed by atoms with Gasteiger partial charge in [-0.25, -0.2) is 8.78 Å². The fraction of sp³-hybridized carbons (Fsp3) is 0.333. The average Bonchev–Trinajstić information content (AvgIpc) is 2.65. The highest BCUT2D eigenvalue weighted by Gasteiger charge is 2.27. The maximum atomic E-state index is 13.2. The van der Waals surface area contributed by atoms with Gasteiger partial charge in [-0.2, -0.15) is 0 Å². The molecule has 3 atom stereocenters. The van der Waals surface area contributed by atoms with Gasteiger partial charge in [-0.05, 0) is 37.1 Å². The molecule has 2 rings (SSSR count). The first-order valence-electron chi connectivity index (χ1n) is 8.93. The Hall–Kier alpha value is -2.80. The number of carbonyl (C=O) groups is 2. The van der Waals surface area contributed by atoms with Gasteiger partial charge in [-0.15, -0.1) is 0 Å². The van der Waals surface area contributed by atoms with Gasteiger partial charge in [0.25, 0.3) is 0 Å². The molecule has 0 saturated heterocycles. The molecule has 0 fully saturated rings. The molecular formula is C21H24F2N2O3. The Balaban J connectivity index is 1.95. The maximum absolute atomic E-state index is 13.2. The molecule has 2 aromatic carbocycles. The molecule has 0 saturated carbocycles. The largest absolute Gasteiger partial charge is 0.386 e. The number of rotatable bonds is 7. The van der Waals surface area contributed by atoms with Crippen molar-refractivity contribution in [2.75, 3.05) is 7.05 Å². The van der Waals surface area contributed by atoms with Crippen molar-refractivity contribution in [3.05, 3.63) is 71.3 Å². The first kappa shape index (κ1) is 21.5. The summed E-state index contributed by atoms with van der Waals surface area (Å²) in [6.07, 6.45) is -1.13. The molecule has 0 radical (unpaired) electrons. The fourth-order valence-electron chi connectivity index (χ4n) is 2.90. The van der Waals surface area contributed by atoms with Crippen molar-refractivity contribution in [2.45, 2.75) is 38.5 Å². The molecule has 0 spiro atoms. The van der Waals surface area contributed by atoms with Crippen LogP contribution < -0.4 is 5.32 Å². The number of amides is 2. The number of nitrogens with one attached hydrogen (secondary N) is 1. The smallest absolute Gasteiger partial charge is 0.244 e. The van der Waals surface area contributed by atoms with Crippen molar-refractivity contribution < 1.29 is 23.5 Å². The van der Waals surface area contributed by atoms with E-state index in [1.807, 2.05) is 6.07 Å². The second-order valence-corrected chi connectivity index (χ2v) is 6.79. The van der Waals surface area contributed by atoms with Crippen LogP contribution in [-0.4, -0.2) is 41.0 Å². The third kappa shape index (κ3) is 5.60. The molecule has 2 amide bonds. The van der Waals surface area contributed by atoms with Crippen LogP contribution in [0, 0.1) is 11.6 Å². The Bertz CT molecular complexity index is 809. The van der Waals surface area contributed by atoms with Gasteiger partial charge in [0, 0.05) is 13.1 Å². The van der Waals surface area contributed by atoms with Crippen LogP contribution in [0.2, 0.25) is 0 Å². The van der Waals surface area contributed by atoms with E-state index in [-0.39, 0.29) is 17.9 Å². The lowest BCUT2D eigenvalue weighted by Gasteiger charge is -2.31. The number of likely N-dealkylation sites (N-methyl/N-ethyl adjacent to an activating group) is 1. The summed E-state index contributed by atoms with van der Waals surface area (Å²) in [5.41, 5.74) is 0.857. The summed E-state index contributed by atoms with van der Waals surface area (Å²) in [5.74, 6) is -2.46. The highest BCUT2D eigenvalue weighted by atomic mass is 19.1. The lowest BCUT2D eigenvalue weighted by molar-refractivity contribution is -0.138. The first-order chi connectivity index (χ1) is 13.2. The molecular weight excluding hydrogens is 366 g/mol. The normalized spacial score (nSPS) is 14.1. The Morgan fingerprint density at radius 2 is 1.64 bits per heavy atom. The zero-order chi connectivity index (χ0) is 20.8. The predicted molar refractivity (Wildman–Crippen MR) is 101 cm³/mol. The minimum absolute atomic E-state index is 0.177. The summed E-state index contributed by atoms with van der Waals surface area (Å²) < 4.78 is 26.4. The average molecular weight is 390 g/mol. The summed E-state index contributed by atoms with van der Waals surface area (Å²) >= 11 is 0. The van der Waals surface area contributed by atoms with Crippen LogP contribution in [0.15, 0.2) is 48.5 Å². The quantitative estimate of drug-likeness (QED) is 0.764. The number of aliphatic hydroxyl groups excluding tert-OH is 1. The lowest BCUT2D eigenvalue weighted by atomic mass is 10.0. The molecule has 7 heteroatoms. The zero-order valence-electron chi connectivity index (χ0n) is 16.0. The lowest BCUT2D eigenvalue weighted by Crippen LogP contribution is -2.49. The topological polar surface area (TPSA) is 69.6 Å². The number of hydrogen-bond acceptors (Lipinski definition) is 3. The molecule has 0 bridgehead atoms. The standard InChI is InChI=1S/C21H24F2N2O3/c1-13(24-19(26)11-15-9-17(22)12-18(23)10-15)21(28)25(3)14(2)20(27)16-7-5-4-6-8-16/h4-10,12-14,20,27H,11H2,1-3H3,(H,24,26)/t13-,14-,20+/m0/s1. The van der Waals surface area contributed by atoms with Gasteiger partial charge >= 0.3 is 0 Å².